The number of rotatable bonds is 1. The van der Waals surface area contributed by atoms with Crippen LogP contribution in [0.2, 0.25) is 10.0 Å². The van der Waals surface area contributed by atoms with E-state index in [2.05, 4.69) is 4.90 Å². The maximum absolute atomic E-state index is 9.58. The molecule has 0 saturated carbocycles. The van der Waals surface area contributed by atoms with Crippen molar-refractivity contribution < 1.29 is 5.11 Å². The molecular weight excluding hydrogens is 233 g/mol. The molecular formula is C11H13Cl2NO. The van der Waals surface area contributed by atoms with E-state index in [9.17, 15) is 5.11 Å². The van der Waals surface area contributed by atoms with Gasteiger partial charge in [0.1, 0.15) is 0 Å². The summed E-state index contributed by atoms with van der Waals surface area (Å²) in [7, 11) is 0. The van der Waals surface area contributed by atoms with Crippen molar-refractivity contribution >= 4 is 28.9 Å². The SMILES string of the molecule is OC1CCCN(c2cccc(Cl)c2Cl)C1. The first-order chi connectivity index (χ1) is 7.18. The molecule has 4 heteroatoms. The minimum Gasteiger partial charge on any atom is -0.391 e. The van der Waals surface area contributed by atoms with E-state index in [1.54, 1.807) is 6.07 Å². The van der Waals surface area contributed by atoms with E-state index in [4.69, 9.17) is 23.2 Å². The average molecular weight is 246 g/mol. The molecule has 0 aromatic heterocycles. The van der Waals surface area contributed by atoms with Gasteiger partial charge < -0.3 is 10.0 Å². The summed E-state index contributed by atoms with van der Waals surface area (Å²) in [4.78, 5) is 2.09. The number of hydrogen-bond acceptors (Lipinski definition) is 2. The van der Waals surface area contributed by atoms with Crippen LogP contribution in [0.3, 0.4) is 0 Å². The maximum Gasteiger partial charge on any atom is 0.0825 e. The van der Waals surface area contributed by atoms with Crippen molar-refractivity contribution in [1.29, 1.82) is 0 Å². The van der Waals surface area contributed by atoms with E-state index in [-0.39, 0.29) is 6.10 Å². The first kappa shape index (κ1) is 11.1. The Morgan fingerprint density at radius 1 is 1.33 bits per heavy atom. The minimum absolute atomic E-state index is 0.256. The van der Waals surface area contributed by atoms with Crippen molar-refractivity contribution in [2.45, 2.75) is 18.9 Å². The molecule has 0 radical (unpaired) electrons. The lowest BCUT2D eigenvalue weighted by Crippen LogP contribution is -2.38. The number of benzene rings is 1. The lowest BCUT2D eigenvalue weighted by atomic mass is 10.1. The highest BCUT2D eigenvalue weighted by molar-refractivity contribution is 6.43. The maximum atomic E-state index is 9.58. The number of nitrogens with zero attached hydrogens (tertiary/aromatic N) is 1. The summed E-state index contributed by atoms with van der Waals surface area (Å²) in [5, 5.41) is 10.7. The molecule has 1 aliphatic rings. The molecule has 82 valence electrons. The third-order valence-electron chi connectivity index (χ3n) is 2.67. The van der Waals surface area contributed by atoms with Gasteiger partial charge in [-0.25, -0.2) is 0 Å². The zero-order valence-corrected chi connectivity index (χ0v) is 9.80. The van der Waals surface area contributed by atoms with E-state index in [0.29, 0.717) is 16.6 Å². The van der Waals surface area contributed by atoms with Gasteiger partial charge in [0.25, 0.3) is 0 Å². The summed E-state index contributed by atoms with van der Waals surface area (Å²) in [6.07, 6.45) is 1.60. The highest BCUT2D eigenvalue weighted by Crippen LogP contribution is 2.33. The number of piperidine rings is 1. The Morgan fingerprint density at radius 3 is 2.87 bits per heavy atom. The number of β-amino-alcohol motifs (C(OH)–C–C–N with tert-alkyl or cyclic N) is 1. The minimum atomic E-state index is -0.256. The van der Waals surface area contributed by atoms with Crippen molar-refractivity contribution in [3.63, 3.8) is 0 Å². The molecule has 1 aromatic rings. The Labute approximate surface area is 99.4 Å². The summed E-state index contributed by atoms with van der Waals surface area (Å²) in [6.45, 7) is 1.57. The fourth-order valence-corrected chi connectivity index (χ4v) is 2.33. The van der Waals surface area contributed by atoms with Crippen LogP contribution in [0.5, 0.6) is 0 Å². The molecule has 1 atom stereocenters. The van der Waals surface area contributed by atoms with Crippen molar-refractivity contribution in [1.82, 2.24) is 0 Å². The Morgan fingerprint density at radius 2 is 2.13 bits per heavy atom. The predicted molar refractivity (Wildman–Crippen MR) is 63.9 cm³/mol. The molecule has 1 aromatic carbocycles. The zero-order chi connectivity index (χ0) is 10.8. The Hall–Kier alpha value is -0.440. The van der Waals surface area contributed by atoms with Crippen LogP contribution in [0, 0.1) is 0 Å². The number of halogens is 2. The van der Waals surface area contributed by atoms with Crippen LogP contribution < -0.4 is 4.90 Å². The molecule has 15 heavy (non-hydrogen) atoms. The molecule has 2 nitrogen and oxygen atoms in total. The van der Waals surface area contributed by atoms with Crippen molar-refractivity contribution in [2.75, 3.05) is 18.0 Å². The van der Waals surface area contributed by atoms with Crippen LogP contribution in [-0.2, 0) is 0 Å². The van der Waals surface area contributed by atoms with Gasteiger partial charge >= 0.3 is 0 Å². The van der Waals surface area contributed by atoms with E-state index >= 15 is 0 Å². The second-order valence-corrected chi connectivity index (χ2v) is 4.60. The molecule has 1 aliphatic heterocycles. The van der Waals surface area contributed by atoms with Crippen LogP contribution in [-0.4, -0.2) is 24.3 Å². The topological polar surface area (TPSA) is 23.5 Å². The standard InChI is InChI=1S/C11H13Cl2NO/c12-9-4-1-5-10(11(9)13)14-6-2-3-8(15)7-14/h1,4-5,8,15H,2-3,6-7H2. The monoisotopic (exact) mass is 245 g/mol. The second-order valence-electron chi connectivity index (χ2n) is 3.82. The Kier molecular flexibility index (Phi) is 3.39. The zero-order valence-electron chi connectivity index (χ0n) is 8.29. The van der Waals surface area contributed by atoms with Gasteiger partial charge in [-0.15, -0.1) is 0 Å². The molecule has 1 fully saturated rings. The normalized spacial score (nSPS) is 21.8. The third kappa shape index (κ3) is 2.39. The average Bonchev–Trinajstić information content (AvgIpc) is 2.22. The van der Waals surface area contributed by atoms with Gasteiger partial charge in [-0.05, 0) is 25.0 Å². The second kappa shape index (κ2) is 4.60. The van der Waals surface area contributed by atoms with Gasteiger partial charge in [0.2, 0.25) is 0 Å². The largest absolute Gasteiger partial charge is 0.391 e. The molecule has 1 unspecified atom stereocenters. The lowest BCUT2D eigenvalue weighted by Gasteiger charge is -2.32. The van der Waals surface area contributed by atoms with E-state index in [1.165, 1.54) is 0 Å². The number of hydrogen-bond donors (Lipinski definition) is 1. The fraction of sp³-hybridized carbons (Fsp3) is 0.455. The number of aliphatic hydroxyl groups excluding tert-OH is 1. The molecule has 1 N–H and O–H groups in total. The third-order valence-corrected chi connectivity index (χ3v) is 3.48. The summed E-state index contributed by atoms with van der Waals surface area (Å²) >= 11 is 12.1. The highest BCUT2D eigenvalue weighted by Gasteiger charge is 2.20. The molecule has 0 spiro atoms. The highest BCUT2D eigenvalue weighted by atomic mass is 35.5. The van der Waals surface area contributed by atoms with Gasteiger partial charge in [-0.2, -0.15) is 0 Å². The first-order valence-corrected chi connectivity index (χ1v) is 5.81. The van der Waals surface area contributed by atoms with Gasteiger partial charge in [-0.1, -0.05) is 29.3 Å². The summed E-state index contributed by atoms with van der Waals surface area (Å²) in [6, 6.07) is 5.59. The summed E-state index contributed by atoms with van der Waals surface area (Å²) in [5.41, 5.74) is 0.919. The molecule has 1 heterocycles. The van der Waals surface area contributed by atoms with Crippen molar-refractivity contribution in [3.05, 3.63) is 28.2 Å². The van der Waals surface area contributed by atoms with Gasteiger partial charge in [0.05, 0.1) is 21.8 Å². The first-order valence-electron chi connectivity index (χ1n) is 5.05. The molecule has 2 rings (SSSR count). The molecule has 0 bridgehead atoms. The predicted octanol–water partition coefficient (Wildman–Crippen LogP) is 2.95. The lowest BCUT2D eigenvalue weighted by molar-refractivity contribution is 0.154. The number of aliphatic hydroxyl groups is 1. The van der Waals surface area contributed by atoms with E-state index < -0.39 is 0 Å². The van der Waals surface area contributed by atoms with Crippen LogP contribution in [0.1, 0.15) is 12.8 Å². The van der Waals surface area contributed by atoms with Crippen LogP contribution >= 0.6 is 23.2 Å². The molecule has 0 aliphatic carbocycles. The van der Waals surface area contributed by atoms with Crippen molar-refractivity contribution in [2.24, 2.45) is 0 Å². The van der Waals surface area contributed by atoms with Gasteiger partial charge in [-0.3, -0.25) is 0 Å². The smallest absolute Gasteiger partial charge is 0.0825 e. The molecule has 1 saturated heterocycles. The van der Waals surface area contributed by atoms with Crippen molar-refractivity contribution in [3.8, 4) is 0 Å². The fourth-order valence-electron chi connectivity index (χ4n) is 1.91. The molecule has 0 amide bonds. The Bertz CT molecular complexity index is 356. The quantitative estimate of drug-likeness (QED) is 0.823. The summed E-state index contributed by atoms with van der Waals surface area (Å²) in [5.74, 6) is 0. The van der Waals surface area contributed by atoms with Crippen LogP contribution in [0.4, 0.5) is 5.69 Å². The van der Waals surface area contributed by atoms with E-state index in [0.717, 1.165) is 25.1 Å². The van der Waals surface area contributed by atoms with Crippen LogP contribution in [0.15, 0.2) is 18.2 Å². The van der Waals surface area contributed by atoms with Gasteiger partial charge in [0.15, 0.2) is 0 Å². The number of anilines is 1. The Balaban J connectivity index is 2.24. The van der Waals surface area contributed by atoms with Crippen LogP contribution in [0.25, 0.3) is 0 Å². The summed E-state index contributed by atoms with van der Waals surface area (Å²) < 4.78 is 0. The van der Waals surface area contributed by atoms with Gasteiger partial charge in [0, 0.05) is 13.1 Å². The van der Waals surface area contributed by atoms with E-state index in [1.807, 2.05) is 12.1 Å².